The number of hydrogen-bond acceptors (Lipinski definition) is 1. The van der Waals surface area contributed by atoms with E-state index in [1.54, 1.807) is 0 Å². The quantitative estimate of drug-likeness (QED) is 0.160. The highest BCUT2D eigenvalue weighted by Crippen LogP contribution is 2.19. The Morgan fingerprint density at radius 2 is 0.960 bits per heavy atom. The van der Waals surface area contributed by atoms with E-state index in [0.717, 1.165) is 18.8 Å². The van der Waals surface area contributed by atoms with Crippen molar-refractivity contribution < 1.29 is 0 Å². The molecule has 0 aliphatic rings. The Hall–Kier alpha value is -0.560. The molecule has 1 heteroatoms. The summed E-state index contributed by atoms with van der Waals surface area (Å²) in [5.41, 5.74) is 0. The molecule has 0 amide bonds. The molecule has 0 aromatic rings. The van der Waals surface area contributed by atoms with Crippen molar-refractivity contribution in [1.29, 1.82) is 0 Å². The van der Waals surface area contributed by atoms with Crippen LogP contribution < -0.4 is 0 Å². The second kappa shape index (κ2) is 19.8. The summed E-state index contributed by atoms with van der Waals surface area (Å²) in [7, 11) is 4.34. The first-order valence-corrected chi connectivity index (χ1v) is 11.1. The summed E-state index contributed by atoms with van der Waals surface area (Å²) in [6, 6.07) is 0. The van der Waals surface area contributed by atoms with Gasteiger partial charge >= 0.3 is 0 Å². The SMILES string of the molecule is C=CCC(CC=C)CCCCCCCCCCCCCCCN(C)C. The molecule has 0 unspecified atom stereocenters. The first-order valence-electron chi connectivity index (χ1n) is 11.1. The van der Waals surface area contributed by atoms with Crippen LogP contribution >= 0.6 is 0 Å². The van der Waals surface area contributed by atoms with Gasteiger partial charge in [-0.3, -0.25) is 0 Å². The minimum Gasteiger partial charge on any atom is -0.309 e. The number of allylic oxidation sites excluding steroid dienone is 2. The van der Waals surface area contributed by atoms with Gasteiger partial charge in [-0.15, -0.1) is 13.2 Å². The maximum Gasteiger partial charge on any atom is -0.00248 e. The lowest BCUT2D eigenvalue weighted by Gasteiger charge is -2.12. The Labute approximate surface area is 160 Å². The van der Waals surface area contributed by atoms with Crippen molar-refractivity contribution in [2.24, 2.45) is 5.92 Å². The molecule has 0 radical (unpaired) electrons. The minimum absolute atomic E-state index is 0.790. The Morgan fingerprint density at radius 1 is 0.600 bits per heavy atom. The fourth-order valence-corrected chi connectivity index (χ4v) is 3.61. The van der Waals surface area contributed by atoms with Crippen LogP contribution in [0.25, 0.3) is 0 Å². The predicted molar refractivity (Wildman–Crippen MR) is 116 cm³/mol. The van der Waals surface area contributed by atoms with Crippen LogP contribution in [-0.2, 0) is 0 Å². The fourth-order valence-electron chi connectivity index (χ4n) is 3.61. The summed E-state index contributed by atoms with van der Waals surface area (Å²) in [4.78, 5) is 2.29. The Bertz CT molecular complexity index is 272. The van der Waals surface area contributed by atoms with Crippen LogP contribution in [0.5, 0.6) is 0 Å². The van der Waals surface area contributed by atoms with Crippen molar-refractivity contribution in [1.82, 2.24) is 4.90 Å². The molecule has 0 heterocycles. The minimum atomic E-state index is 0.790. The van der Waals surface area contributed by atoms with Crippen molar-refractivity contribution in [3.05, 3.63) is 25.3 Å². The summed E-state index contributed by atoms with van der Waals surface area (Å²) >= 11 is 0. The molecule has 0 bridgehead atoms. The highest BCUT2D eigenvalue weighted by Gasteiger charge is 2.04. The lowest BCUT2D eigenvalue weighted by Crippen LogP contribution is -2.12. The molecule has 1 nitrogen and oxygen atoms in total. The Kier molecular flexibility index (Phi) is 19.3. The third kappa shape index (κ3) is 19.6. The van der Waals surface area contributed by atoms with Crippen molar-refractivity contribution in [3.63, 3.8) is 0 Å². The monoisotopic (exact) mass is 349 g/mol. The topological polar surface area (TPSA) is 3.24 Å². The van der Waals surface area contributed by atoms with Gasteiger partial charge in [0.15, 0.2) is 0 Å². The van der Waals surface area contributed by atoms with Crippen molar-refractivity contribution in [3.8, 4) is 0 Å². The molecule has 0 aliphatic carbocycles. The normalized spacial score (nSPS) is 11.4. The van der Waals surface area contributed by atoms with E-state index >= 15 is 0 Å². The third-order valence-corrected chi connectivity index (χ3v) is 5.22. The van der Waals surface area contributed by atoms with Crippen molar-refractivity contribution >= 4 is 0 Å². The number of nitrogens with zero attached hydrogens (tertiary/aromatic N) is 1. The molecule has 0 aromatic heterocycles. The maximum atomic E-state index is 3.87. The average Bonchev–Trinajstić information content (AvgIpc) is 2.58. The molecule has 0 N–H and O–H groups in total. The lowest BCUT2D eigenvalue weighted by molar-refractivity contribution is 0.389. The molecule has 0 aromatic carbocycles. The van der Waals surface area contributed by atoms with E-state index in [4.69, 9.17) is 0 Å². The summed E-state index contributed by atoms with van der Waals surface area (Å²) in [5.74, 6) is 0.790. The number of unbranched alkanes of at least 4 members (excludes halogenated alkanes) is 12. The maximum absolute atomic E-state index is 3.87. The van der Waals surface area contributed by atoms with Crippen molar-refractivity contribution in [2.45, 2.75) is 103 Å². The van der Waals surface area contributed by atoms with Crippen LogP contribution in [0.2, 0.25) is 0 Å². The summed E-state index contributed by atoms with van der Waals surface area (Å²) in [6.07, 6.45) is 26.4. The second-order valence-electron chi connectivity index (χ2n) is 8.10. The highest BCUT2D eigenvalue weighted by atomic mass is 15.0. The molecule has 0 atom stereocenters. The van der Waals surface area contributed by atoms with Crippen molar-refractivity contribution in [2.75, 3.05) is 20.6 Å². The van der Waals surface area contributed by atoms with Crippen LogP contribution in [0, 0.1) is 5.92 Å². The smallest absolute Gasteiger partial charge is 0.00248 e. The zero-order chi connectivity index (χ0) is 18.6. The van der Waals surface area contributed by atoms with Crippen LogP contribution in [-0.4, -0.2) is 25.5 Å². The zero-order valence-corrected chi connectivity index (χ0v) is 17.6. The molecule has 0 saturated heterocycles. The van der Waals surface area contributed by atoms with Crippen LogP contribution in [0.15, 0.2) is 25.3 Å². The van der Waals surface area contributed by atoms with Crippen LogP contribution in [0.4, 0.5) is 0 Å². The van der Waals surface area contributed by atoms with E-state index in [2.05, 4.69) is 44.3 Å². The molecule has 25 heavy (non-hydrogen) atoms. The second-order valence-corrected chi connectivity index (χ2v) is 8.10. The molecule has 0 aliphatic heterocycles. The van der Waals surface area contributed by atoms with E-state index in [0.29, 0.717) is 0 Å². The van der Waals surface area contributed by atoms with Gasteiger partial charge in [0.05, 0.1) is 0 Å². The van der Waals surface area contributed by atoms with Gasteiger partial charge < -0.3 is 4.90 Å². The molecule has 148 valence electrons. The van der Waals surface area contributed by atoms with E-state index in [9.17, 15) is 0 Å². The Morgan fingerprint density at radius 3 is 1.32 bits per heavy atom. The standard InChI is InChI=1S/C24H47N/c1-5-20-24(21-6-2)22-18-16-14-12-10-8-7-9-11-13-15-17-19-23-25(3)4/h5-6,24H,1-2,7-23H2,3-4H3. The van der Waals surface area contributed by atoms with Gasteiger partial charge in [-0.05, 0) is 52.2 Å². The van der Waals surface area contributed by atoms with E-state index < -0.39 is 0 Å². The first kappa shape index (κ1) is 24.4. The largest absolute Gasteiger partial charge is 0.309 e. The van der Waals surface area contributed by atoms with Gasteiger partial charge in [-0.25, -0.2) is 0 Å². The summed E-state index contributed by atoms with van der Waals surface area (Å²) in [6.45, 7) is 8.99. The number of hydrogen-bond donors (Lipinski definition) is 0. The van der Waals surface area contributed by atoms with Gasteiger partial charge in [0.1, 0.15) is 0 Å². The summed E-state index contributed by atoms with van der Waals surface area (Å²) < 4.78 is 0. The van der Waals surface area contributed by atoms with E-state index in [1.807, 2.05) is 0 Å². The molecule has 0 rings (SSSR count). The fraction of sp³-hybridized carbons (Fsp3) is 0.833. The predicted octanol–water partition coefficient (Wildman–Crippen LogP) is 7.78. The molecule has 0 saturated carbocycles. The number of rotatable bonds is 20. The highest BCUT2D eigenvalue weighted by molar-refractivity contribution is 4.79. The zero-order valence-electron chi connectivity index (χ0n) is 17.6. The first-order chi connectivity index (χ1) is 12.2. The molecule has 0 spiro atoms. The van der Waals surface area contributed by atoms with Crippen LogP contribution in [0.3, 0.4) is 0 Å². The van der Waals surface area contributed by atoms with Crippen LogP contribution in [0.1, 0.15) is 103 Å². The van der Waals surface area contributed by atoms with Gasteiger partial charge in [0.2, 0.25) is 0 Å². The molecule has 0 fully saturated rings. The van der Waals surface area contributed by atoms with Gasteiger partial charge in [-0.2, -0.15) is 0 Å². The third-order valence-electron chi connectivity index (χ3n) is 5.22. The van der Waals surface area contributed by atoms with Gasteiger partial charge in [0.25, 0.3) is 0 Å². The molecular weight excluding hydrogens is 302 g/mol. The van der Waals surface area contributed by atoms with E-state index in [1.165, 1.54) is 96.4 Å². The lowest BCUT2D eigenvalue weighted by atomic mass is 9.94. The van der Waals surface area contributed by atoms with E-state index in [-0.39, 0.29) is 0 Å². The summed E-state index contributed by atoms with van der Waals surface area (Å²) in [5, 5.41) is 0. The molecular formula is C24H47N. The average molecular weight is 350 g/mol. The Balaban J connectivity index is 3.18. The van der Waals surface area contributed by atoms with Gasteiger partial charge in [-0.1, -0.05) is 89.2 Å². The van der Waals surface area contributed by atoms with Gasteiger partial charge in [0, 0.05) is 0 Å².